The van der Waals surface area contributed by atoms with E-state index in [-0.39, 0.29) is 24.8 Å². The van der Waals surface area contributed by atoms with E-state index in [1.54, 1.807) is 6.92 Å². The maximum atomic E-state index is 13.3. The van der Waals surface area contributed by atoms with Crippen molar-refractivity contribution < 1.29 is 45.7 Å². The predicted molar refractivity (Wildman–Crippen MR) is 93.0 cm³/mol. The number of alkyl halides is 6. The van der Waals surface area contributed by atoms with Crippen LogP contribution in [0, 0.1) is 0 Å². The second-order valence-corrected chi connectivity index (χ2v) is 8.18. The monoisotopic (exact) mass is 434 g/mol. The van der Waals surface area contributed by atoms with Gasteiger partial charge in [0.15, 0.2) is 0 Å². The average Bonchev–Trinajstić information content (AvgIpc) is 2.72. The molecular weight excluding hydrogens is 406 g/mol. The molecule has 0 amide bonds. The molecule has 0 aliphatic heterocycles. The van der Waals surface area contributed by atoms with Crippen molar-refractivity contribution in [1.82, 2.24) is 0 Å². The topological polar surface area (TPSA) is 55.8 Å². The van der Waals surface area contributed by atoms with E-state index in [0.717, 1.165) is 0 Å². The number of carbonyl (C=O) groups excluding carboxylic acids is 1. The summed E-state index contributed by atoms with van der Waals surface area (Å²) < 4.78 is 90.2. The van der Waals surface area contributed by atoms with Crippen LogP contribution < -0.4 is 0 Å². The first-order chi connectivity index (χ1) is 12.9. The standard InChI is InChI=1S/C19H28F6O4/c1-6-12(2)14(26)28-13-8-7-10-16(5,11-9-13)29-15(3,4)17(27,18(20,21)22)19(23,24)25/h13,27H,2,6-11H2,1,3-5H3. The van der Waals surface area contributed by atoms with Crippen LogP contribution in [0.5, 0.6) is 0 Å². The normalized spacial score (nSPS) is 24.7. The minimum atomic E-state index is -5.99. The first kappa shape index (κ1) is 25.7. The van der Waals surface area contributed by atoms with Gasteiger partial charge in [-0.2, -0.15) is 26.3 Å². The van der Waals surface area contributed by atoms with Gasteiger partial charge in [0.1, 0.15) is 11.7 Å². The van der Waals surface area contributed by atoms with Crippen LogP contribution >= 0.6 is 0 Å². The van der Waals surface area contributed by atoms with Gasteiger partial charge < -0.3 is 14.6 Å². The molecule has 2 atom stereocenters. The molecule has 0 spiro atoms. The SMILES string of the molecule is C=C(CC)C(=O)OC1CCCC(C)(OC(C)(C)C(O)(C(F)(F)F)C(F)(F)F)CC1. The number of hydrogen-bond acceptors (Lipinski definition) is 4. The van der Waals surface area contributed by atoms with Crippen molar-refractivity contribution >= 4 is 5.97 Å². The van der Waals surface area contributed by atoms with Crippen LogP contribution in [0.2, 0.25) is 0 Å². The van der Waals surface area contributed by atoms with Crippen molar-refractivity contribution in [3.8, 4) is 0 Å². The highest BCUT2D eigenvalue weighted by molar-refractivity contribution is 5.87. The zero-order valence-corrected chi connectivity index (χ0v) is 17.0. The largest absolute Gasteiger partial charge is 0.459 e. The summed E-state index contributed by atoms with van der Waals surface area (Å²) in [5, 5.41) is 9.73. The zero-order valence-electron chi connectivity index (χ0n) is 17.0. The number of rotatable bonds is 6. The molecule has 2 unspecified atom stereocenters. The number of hydrogen-bond donors (Lipinski definition) is 1. The molecule has 29 heavy (non-hydrogen) atoms. The molecule has 170 valence electrons. The number of halogens is 6. The second-order valence-electron chi connectivity index (χ2n) is 8.18. The fraction of sp³-hybridized carbons (Fsp3) is 0.842. The Hall–Kier alpha value is -1.29. The third-order valence-corrected chi connectivity index (χ3v) is 5.41. The Labute approximate surface area is 166 Å². The van der Waals surface area contributed by atoms with Crippen molar-refractivity contribution in [2.24, 2.45) is 0 Å². The molecule has 0 aromatic heterocycles. The second kappa shape index (κ2) is 8.45. The van der Waals surface area contributed by atoms with Gasteiger partial charge in [0.05, 0.1) is 5.60 Å². The van der Waals surface area contributed by atoms with Gasteiger partial charge >= 0.3 is 18.3 Å². The predicted octanol–water partition coefficient (Wildman–Crippen LogP) is 5.24. The Bertz CT molecular complexity index is 597. The van der Waals surface area contributed by atoms with E-state index in [4.69, 9.17) is 9.47 Å². The van der Waals surface area contributed by atoms with Crippen LogP contribution in [0.25, 0.3) is 0 Å². The molecule has 1 aliphatic carbocycles. The Balaban J connectivity index is 3.01. The first-order valence-electron chi connectivity index (χ1n) is 9.35. The van der Waals surface area contributed by atoms with Gasteiger partial charge in [-0.15, -0.1) is 0 Å². The molecule has 0 bridgehead atoms. The summed E-state index contributed by atoms with van der Waals surface area (Å²) in [6, 6.07) is 0. The van der Waals surface area contributed by atoms with Crippen LogP contribution in [0.3, 0.4) is 0 Å². The lowest BCUT2D eigenvalue weighted by atomic mass is 9.82. The van der Waals surface area contributed by atoms with Gasteiger partial charge in [-0.1, -0.05) is 13.5 Å². The smallest absolute Gasteiger partial charge is 0.429 e. The Morgan fingerprint density at radius 1 is 1.10 bits per heavy atom. The van der Waals surface area contributed by atoms with Crippen LogP contribution in [-0.4, -0.2) is 46.3 Å². The molecule has 1 rings (SSSR count). The molecule has 0 heterocycles. The highest BCUT2D eigenvalue weighted by Crippen LogP contribution is 2.52. The molecule has 0 aromatic rings. The van der Waals surface area contributed by atoms with E-state index in [1.807, 2.05) is 0 Å². The van der Waals surface area contributed by atoms with Crippen molar-refractivity contribution in [3.05, 3.63) is 12.2 Å². The van der Waals surface area contributed by atoms with Crippen LogP contribution in [0.4, 0.5) is 26.3 Å². The Kier molecular flexibility index (Phi) is 7.50. The number of aliphatic hydroxyl groups is 1. The fourth-order valence-electron chi connectivity index (χ4n) is 3.57. The lowest BCUT2D eigenvalue weighted by molar-refractivity contribution is -0.420. The van der Waals surface area contributed by atoms with Gasteiger partial charge in [-0.25, -0.2) is 4.79 Å². The number of esters is 1. The van der Waals surface area contributed by atoms with E-state index >= 15 is 0 Å². The number of carbonyl (C=O) groups is 1. The summed E-state index contributed by atoms with van der Waals surface area (Å²) in [6.07, 6.45) is -11.0. The van der Waals surface area contributed by atoms with Crippen molar-refractivity contribution in [1.29, 1.82) is 0 Å². The van der Waals surface area contributed by atoms with E-state index in [1.165, 1.54) is 6.92 Å². The molecule has 10 heteroatoms. The maximum absolute atomic E-state index is 13.3. The van der Waals surface area contributed by atoms with Crippen molar-refractivity contribution in [2.75, 3.05) is 0 Å². The molecule has 0 aromatic carbocycles. The Morgan fingerprint density at radius 3 is 2.07 bits per heavy atom. The van der Waals surface area contributed by atoms with E-state index < -0.39 is 41.2 Å². The summed E-state index contributed by atoms with van der Waals surface area (Å²) in [6.45, 7) is 7.85. The average molecular weight is 434 g/mol. The third-order valence-electron chi connectivity index (χ3n) is 5.41. The first-order valence-corrected chi connectivity index (χ1v) is 9.35. The van der Waals surface area contributed by atoms with Crippen LogP contribution in [0.1, 0.15) is 66.2 Å². The minimum absolute atomic E-state index is 0.0543. The molecule has 1 saturated carbocycles. The molecule has 1 fully saturated rings. The minimum Gasteiger partial charge on any atom is -0.459 e. The summed E-state index contributed by atoms with van der Waals surface area (Å²) in [5.74, 6) is -0.578. The summed E-state index contributed by atoms with van der Waals surface area (Å²) >= 11 is 0. The lowest BCUT2D eigenvalue weighted by Crippen LogP contribution is -2.70. The van der Waals surface area contributed by atoms with Gasteiger partial charge in [-0.3, -0.25) is 0 Å². The van der Waals surface area contributed by atoms with Crippen molar-refractivity contribution in [2.45, 2.75) is 101 Å². The van der Waals surface area contributed by atoms with Gasteiger partial charge in [0, 0.05) is 5.57 Å². The highest BCUT2D eigenvalue weighted by Gasteiger charge is 2.78. The molecule has 4 nitrogen and oxygen atoms in total. The number of ether oxygens (including phenoxy) is 2. The van der Waals surface area contributed by atoms with Crippen molar-refractivity contribution in [3.63, 3.8) is 0 Å². The molecule has 0 saturated heterocycles. The molecule has 1 aliphatic rings. The third kappa shape index (κ3) is 5.45. The summed E-state index contributed by atoms with van der Waals surface area (Å²) in [5.41, 5.74) is -9.16. The lowest BCUT2D eigenvalue weighted by Gasteiger charge is -2.48. The van der Waals surface area contributed by atoms with E-state index in [9.17, 15) is 36.2 Å². The zero-order chi connectivity index (χ0) is 22.9. The van der Waals surface area contributed by atoms with Gasteiger partial charge in [0.2, 0.25) is 0 Å². The molecule has 0 radical (unpaired) electrons. The molecule has 1 N–H and O–H groups in total. The van der Waals surface area contributed by atoms with Gasteiger partial charge in [0.25, 0.3) is 5.60 Å². The van der Waals surface area contributed by atoms with E-state index in [0.29, 0.717) is 33.1 Å². The fourth-order valence-corrected chi connectivity index (χ4v) is 3.57. The van der Waals surface area contributed by atoms with Gasteiger partial charge in [-0.05, 0) is 59.3 Å². The van der Waals surface area contributed by atoms with Crippen LogP contribution in [-0.2, 0) is 14.3 Å². The summed E-state index contributed by atoms with van der Waals surface area (Å²) in [4.78, 5) is 11.9. The summed E-state index contributed by atoms with van der Waals surface area (Å²) in [7, 11) is 0. The molecular formula is C19H28F6O4. The quantitative estimate of drug-likeness (QED) is 0.269. The van der Waals surface area contributed by atoms with E-state index in [2.05, 4.69) is 6.58 Å². The Morgan fingerprint density at radius 2 is 1.62 bits per heavy atom. The highest BCUT2D eigenvalue weighted by atomic mass is 19.4. The maximum Gasteiger partial charge on any atom is 0.429 e. The van der Waals surface area contributed by atoms with Crippen LogP contribution in [0.15, 0.2) is 12.2 Å².